The van der Waals surface area contributed by atoms with Gasteiger partial charge in [0.05, 0.1) is 17.3 Å². The summed E-state index contributed by atoms with van der Waals surface area (Å²) in [6.45, 7) is 4.06. The number of rotatable bonds is 7. The molecule has 10 rings (SSSR count). The molecule has 0 saturated heterocycles. The van der Waals surface area contributed by atoms with E-state index in [1.807, 2.05) is 79.9 Å². The van der Waals surface area contributed by atoms with E-state index in [9.17, 15) is 0 Å². The Labute approximate surface area is 356 Å². The average Bonchev–Trinajstić information content (AvgIpc) is 3.26. The molecule has 300 valence electrons. The highest BCUT2D eigenvalue weighted by molar-refractivity contribution is 6.59. The molecular weight excluding hydrogens is 755 g/mol. The summed E-state index contributed by atoms with van der Waals surface area (Å²) in [5.41, 5.74) is 14.1. The molecule has 3 heterocycles. The summed E-state index contributed by atoms with van der Waals surface area (Å²) in [5.74, 6) is 0.216. The molecule has 0 bridgehead atoms. The van der Waals surface area contributed by atoms with Crippen LogP contribution in [0, 0.1) is 33.6 Å². The molecule has 0 spiro atoms. The van der Waals surface area contributed by atoms with Gasteiger partial charge < -0.3 is 27.7 Å². The standard InChI is InChI=1S/C53H46BF2N5/c1-35-16-23-43(24-17-35)58(5)50-34-52-57-51-29-22-41-32-40(39-18-25-46(26-19-39)59(44-12-8-6-9-13-44)45-14-10-7-11-15-45)20-27-48(41)60(51)54(55,56)61(52)49-28-21-42(33-47(49)50)53-37(3)30-36(2)31-38(53)4/h6-34,41,48H,1-5H3. The third-order valence-electron chi connectivity index (χ3n) is 12.4. The third kappa shape index (κ3) is 6.63. The monoisotopic (exact) mass is 801 g/mol. The predicted molar refractivity (Wildman–Crippen MR) is 250 cm³/mol. The normalized spacial score (nSPS) is 17.3. The number of aromatic nitrogens is 1. The summed E-state index contributed by atoms with van der Waals surface area (Å²) in [6, 6.07) is 48.9. The number of pyridine rings is 1. The number of amidine groups is 1. The van der Waals surface area contributed by atoms with Crippen LogP contribution in [0.5, 0.6) is 0 Å². The zero-order valence-electron chi connectivity index (χ0n) is 35.0. The maximum Gasteiger partial charge on any atom is 0.638 e. The van der Waals surface area contributed by atoms with Gasteiger partial charge in [-0.1, -0.05) is 114 Å². The first-order valence-corrected chi connectivity index (χ1v) is 20.9. The van der Waals surface area contributed by atoms with E-state index in [1.165, 1.54) is 14.9 Å². The van der Waals surface area contributed by atoms with Gasteiger partial charge >= 0.3 is 6.97 Å². The van der Waals surface area contributed by atoms with Crippen molar-refractivity contribution in [3.05, 3.63) is 204 Å². The van der Waals surface area contributed by atoms with Gasteiger partial charge in [0.1, 0.15) is 0 Å². The van der Waals surface area contributed by atoms with Gasteiger partial charge in [-0.15, -0.1) is 0 Å². The largest absolute Gasteiger partial charge is 0.638 e. The Morgan fingerprint density at radius 1 is 0.623 bits per heavy atom. The van der Waals surface area contributed by atoms with Crippen LogP contribution in [-0.2, 0) is 0 Å². The second-order valence-electron chi connectivity index (χ2n) is 16.6. The van der Waals surface area contributed by atoms with Crippen LogP contribution in [0.4, 0.5) is 42.9 Å². The van der Waals surface area contributed by atoms with Crippen LogP contribution in [0.1, 0.15) is 27.8 Å². The lowest BCUT2D eigenvalue weighted by atomic mass is 9.77. The van der Waals surface area contributed by atoms with E-state index < -0.39 is 13.0 Å². The Kier molecular flexibility index (Phi) is 9.32. The van der Waals surface area contributed by atoms with E-state index in [4.69, 9.17) is 4.99 Å². The van der Waals surface area contributed by atoms with Crippen molar-refractivity contribution in [1.82, 2.24) is 4.81 Å². The molecule has 6 aromatic carbocycles. The average molecular weight is 802 g/mol. The Morgan fingerprint density at radius 3 is 1.89 bits per heavy atom. The molecule has 2 atom stereocenters. The van der Waals surface area contributed by atoms with Gasteiger partial charge in [-0.2, -0.15) is 0 Å². The minimum atomic E-state index is -4.34. The highest BCUT2D eigenvalue weighted by Gasteiger charge is 2.54. The second-order valence-corrected chi connectivity index (χ2v) is 16.6. The van der Waals surface area contributed by atoms with Crippen LogP contribution in [0.2, 0.25) is 0 Å². The minimum absolute atomic E-state index is 0.229. The first-order chi connectivity index (χ1) is 29.5. The smallest absolute Gasteiger partial charge is 0.415 e. The van der Waals surface area contributed by atoms with E-state index in [1.54, 1.807) is 6.08 Å². The Morgan fingerprint density at radius 2 is 1.23 bits per heavy atom. The fraction of sp³-hybridized carbons (Fsp3) is 0.132. The van der Waals surface area contributed by atoms with Crippen molar-refractivity contribution < 1.29 is 13.1 Å². The summed E-state index contributed by atoms with van der Waals surface area (Å²) in [5, 5.41) is 0.732. The van der Waals surface area contributed by atoms with Gasteiger partial charge in [0.2, 0.25) is 5.84 Å². The lowest BCUT2D eigenvalue weighted by Crippen LogP contribution is -2.75. The fourth-order valence-corrected chi connectivity index (χ4v) is 9.61. The van der Waals surface area contributed by atoms with E-state index in [0.717, 1.165) is 72.8 Å². The molecule has 8 heteroatoms. The van der Waals surface area contributed by atoms with Gasteiger partial charge in [-0.05, 0) is 127 Å². The SMILES string of the molecule is Cc1ccc(N(C)c2cc3[n+](c4ccc(-c5c(C)cc(C)cc5C)cc24)[B-](F)(F)N2C(=N3)C=CC3C=C(c4ccc(N(c5ccccc5)c5ccccc5)cc4)C=CC32)cc1. The van der Waals surface area contributed by atoms with E-state index in [-0.39, 0.29) is 17.6 Å². The van der Waals surface area contributed by atoms with Crippen LogP contribution in [-0.4, -0.2) is 30.7 Å². The Hall–Kier alpha value is -7.06. The number of fused-ring (bicyclic) bond motifs is 6. The maximum absolute atomic E-state index is 17.7. The molecule has 3 aliphatic rings. The van der Waals surface area contributed by atoms with Gasteiger partial charge in [0, 0.05) is 53.2 Å². The third-order valence-corrected chi connectivity index (χ3v) is 12.4. The summed E-state index contributed by atoms with van der Waals surface area (Å²) in [6.07, 6.45) is 9.82. The topological polar surface area (TPSA) is 26.0 Å². The molecule has 0 fully saturated rings. The van der Waals surface area contributed by atoms with Crippen molar-refractivity contribution in [1.29, 1.82) is 0 Å². The lowest BCUT2D eigenvalue weighted by molar-refractivity contribution is -0.534. The number of allylic oxidation sites excluding steroid dienone is 2. The van der Waals surface area contributed by atoms with Crippen molar-refractivity contribution in [2.75, 3.05) is 16.8 Å². The molecule has 0 amide bonds. The van der Waals surface area contributed by atoms with Crippen LogP contribution < -0.4 is 14.3 Å². The highest BCUT2D eigenvalue weighted by Crippen LogP contribution is 2.42. The molecule has 0 N–H and O–H groups in total. The second kappa shape index (κ2) is 14.9. The molecule has 61 heavy (non-hydrogen) atoms. The quantitative estimate of drug-likeness (QED) is 0.150. The summed E-state index contributed by atoms with van der Waals surface area (Å²) in [4.78, 5) is 10.6. The van der Waals surface area contributed by atoms with Crippen molar-refractivity contribution in [2.24, 2.45) is 10.9 Å². The number of nitrogens with zero attached hydrogens (tertiary/aromatic N) is 5. The molecule has 7 aromatic rings. The minimum Gasteiger partial charge on any atom is -0.415 e. The number of anilines is 5. The molecule has 5 nitrogen and oxygen atoms in total. The summed E-state index contributed by atoms with van der Waals surface area (Å²) < 4.78 is 36.6. The number of halogens is 2. The van der Waals surface area contributed by atoms with Gasteiger partial charge in [0.15, 0.2) is 0 Å². The summed E-state index contributed by atoms with van der Waals surface area (Å²) in [7, 11) is 2.00. The number of hydrogen-bond donors (Lipinski definition) is 0. The molecule has 0 radical (unpaired) electrons. The van der Waals surface area contributed by atoms with E-state index in [0.29, 0.717) is 5.52 Å². The van der Waals surface area contributed by atoms with Crippen LogP contribution in [0.25, 0.3) is 27.6 Å². The van der Waals surface area contributed by atoms with Gasteiger partial charge in [-0.3, -0.25) is 0 Å². The van der Waals surface area contributed by atoms with Crippen LogP contribution >= 0.6 is 0 Å². The Balaban J connectivity index is 1.03. The first-order valence-electron chi connectivity index (χ1n) is 20.9. The van der Waals surface area contributed by atoms with E-state index >= 15 is 8.63 Å². The van der Waals surface area contributed by atoms with Crippen molar-refractivity contribution in [3.8, 4) is 11.1 Å². The zero-order valence-corrected chi connectivity index (χ0v) is 35.0. The van der Waals surface area contributed by atoms with Crippen LogP contribution in [0.3, 0.4) is 0 Å². The fourth-order valence-electron chi connectivity index (χ4n) is 9.61. The zero-order chi connectivity index (χ0) is 42.0. The van der Waals surface area contributed by atoms with Crippen molar-refractivity contribution >= 4 is 63.5 Å². The van der Waals surface area contributed by atoms with E-state index in [2.05, 4.69) is 135 Å². The number of hydrogen-bond acceptors (Lipinski definition) is 4. The molecule has 1 aliphatic carbocycles. The molecule has 2 unspecified atom stereocenters. The van der Waals surface area contributed by atoms with Gasteiger partial charge in [0.25, 0.3) is 5.82 Å². The number of benzene rings is 6. The number of aryl methyl sites for hydroxylation is 4. The number of para-hydroxylation sites is 2. The molecule has 1 aromatic heterocycles. The molecule has 0 saturated carbocycles. The van der Waals surface area contributed by atoms with Crippen LogP contribution in [0.15, 0.2) is 181 Å². The van der Waals surface area contributed by atoms with Gasteiger partial charge in [-0.25, -0.2) is 0 Å². The molecular formula is C53H46BF2N5. The molecule has 2 aliphatic heterocycles. The first kappa shape index (κ1) is 38.2. The van der Waals surface area contributed by atoms with Crippen molar-refractivity contribution in [3.63, 3.8) is 0 Å². The predicted octanol–water partition coefficient (Wildman–Crippen LogP) is 13.0. The Bertz CT molecular complexity index is 2900. The van der Waals surface area contributed by atoms with Crippen molar-refractivity contribution in [2.45, 2.75) is 33.7 Å². The maximum atomic E-state index is 17.7. The lowest BCUT2D eigenvalue weighted by Gasteiger charge is -2.47. The summed E-state index contributed by atoms with van der Waals surface area (Å²) >= 11 is 0. The highest BCUT2D eigenvalue weighted by atomic mass is 19.2. The number of aliphatic imine (C=N–C) groups is 1.